The average Bonchev–Trinajstić information content (AvgIpc) is 2.16. The van der Waals surface area contributed by atoms with Gasteiger partial charge in [-0.25, -0.2) is 9.78 Å². The van der Waals surface area contributed by atoms with Gasteiger partial charge in [0.2, 0.25) is 0 Å². The van der Waals surface area contributed by atoms with Crippen molar-refractivity contribution >= 4 is 27.7 Å². The molecule has 16 heavy (non-hydrogen) atoms. The zero-order valence-corrected chi connectivity index (χ0v) is 9.75. The number of carbonyl (C=O) groups excluding carboxylic acids is 1. The molecule has 0 spiro atoms. The van der Waals surface area contributed by atoms with Crippen LogP contribution in [0.4, 0.5) is 0 Å². The molecule has 0 aromatic carbocycles. The minimum absolute atomic E-state index is 0.0593. The minimum Gasteiger partial charge on any atom is -0.462 e. The van der Waals surface area contributed by atoms with Gasteiger partial charge in [-0.15, -0.1) is 0 Å². The zero-order valence-electron chi connectivity index (χ0n) is 8.18. The van der Waals surface area contributed by atoms with E-state index in [0.717, 1.165) is 12.1 Å². The van der Waals surface area contributed by atoms with E-state index in [9.17, 15) is 13.2 Å². The third-order valence-corrected chi connectivity index (χ3v) is 2.63. The third kappa shape index (κ3) is 2.91. The molecule has 0 radical (unpaired) electrons. The highest BCUT2D eigenvalue weighted by Crippen LogP contribution is 2.17. The first-order valence-electron chi connectivity index (χ1n) is 4.17. The highest BCUT2D eigenvalue weighted by atomic mass is 35.5. The predicted octanol–water partition coefficient (Wildman–Crippen LogP) is 1.16. The van der Waals surface area contributed by atoms with Gasteiger partial charge in [-0.2, -0.15) is 8.42 Å². The normalized spacial score (nSPS) is 11.2. The maximum atomic E-state index is 11.3. The fourth-order valence-electron chi connectivity index (χ4n) is 0.922. The number of hydrogen-bond donors (Lipinski definition) is 1. The zero-order chi connectivity index (χ0) is 12.3. The fraction of sp³-hybridized carbons (Fsp3) is 0.250. The van der Waals surface area contributed by atoms with Gasteiger partial charge in [0, 0.05) is 0 Å². The Morgan fingerprint density at radius 2 is 2.19 bits per heavy atom. The van der Waals surface area contributed by atoms with Gasteiger partial charge in [0.1, 0.15) is 5.15 Å². The lowest BCUT2D eigenvalue weighted by Crippen LogP contribution is -2.08. The highest BCUT2D eigenvalue weighted by molar-refractivity contribution is 7.85. The second kappa shape index (κ2) is 4.77. The number of pyridine rings is 1. The summed E-state index contributed by atoms with van der Waals surface area (Å²) in [7, 11) is -4.43. The standard InChI is InChI=1S/C8H8ClNO5S/c1-2-15-8(11)5-3-4-6(10-7(5)9)16(12,13)14/h3-4H,2H2,1H3,(H,12,13,14). The van der Waals surface area contributed by atoms with Crippen molar-refractivity contribution in [2.75, 3.05) is 6.61 Å². The first-order chi connectivity index (χ1) is 7.36. The van der Waals surface area contributed by atoms with Crippen LogP contribution in [0.5, 0.6) is 0 Å². The van der Waals surface area contributed by atoms with Crippen LogP contribution < -0.4 is 0 Å². The van der Waals surface area contributed by atoms with E-state index in [1.165, 1.54) is 0 Å². The molecule has 1 rings (SSSR count). The summed E-state index contributed by atoms with van der Waals surface area (Å²) >= 11 is 5.58. The molecule has 0 fully saturated rings. The Balaban J connectivity index is 3.15. The second-order valence-corrected chi connectivity index (χ2v) is 4.41. The van der Waals surface area contributed by atoms with Crippen LogP contribution >= 0.6 is 11.6 Å². The number of esters is 1. The van der Waals surface area contributed by atoms with Crippen LogP contribution in [0.1, 0.15) is 17.3 Å². The summed E-state index contributed by atoms with van der Waals surface area (Å²) in [4.78, 5) is 14.6. The van der Waals surface area contributed by atoms with Gasteiger partial charge in [0.25, 0.3) is 0 Å². The summed E-state index contributed by atoms with van der Waals surface area (Å²) in [5.74, 6) is -0.707. The number of rotatable bonds is 3. The van der Waals surface area contributed by atoms with Gasteiger partial charge in [-0.05, 0) is 19.1 Å². The number of aromatic nitrogens is 1. The van der Waals surface area contributed by atoms with Crippen molar-refractivity contribution in [2.45, 2.75) is 11.9 Å². The number of carbonyl (C=O) groups is 1. The molecule has 1 aromatic heterocycles. The molecular weight excluding hydrogens is 258 g/mol. The molecule has 0 saturated carbocycles. The average molecular weight is 266 g/mol. The fourth-order valence-corrected chi connectivity index (χ4v) is 1.65. The van der Waals surface area contributed by atoms with Crippen LogP contribution in [0.2, 0.25) is 5.15 Å². The Labute approximate surface area is 97.0 Å². The maximum Gasteiger partial charge on any atom is 0.341 e. The molecule has 0 aliphatic carbocycles. The molecule has 0 saturated heterocycles. The molecule has 1 N–H and O–H groups in total. The topological polar surface area (TPSA) is 93.6 Å². The summed E-state index contributed by atoms with van der Waals surface area (Å²) in [5, 5.41) is -0.959. The summed E-state index contributed by atoms with van der Waals surface area (Å²) in [5.41, 5.74) is -0.0593. The molecule has 6 nitrogen and oxygen atoms in total. The Morgan fingerprint density at radius 3 is 2.62 bits per heavy atom. The first-order valence-corrected chi connectivity index (χ1v) is 5.99. The van der Waals surface area contributed by atoms with Crippen LogP contribution in [0.25, 0.3) is 0 Å². The summed E-state index contributed by atoms with van der Waals surface area (Å²) in [6.45, 7) is 1.78. The quantitative estimate of drug-likeness (QED) is 0.501. The number of nitrogens with zero attached hydrogens (tertiary/aromatic N) is 1. The van der Waals surface area contributed by atoms with Crippen molar-refractivity contribution in [2.24, 2.45) is 0 Å². The SMILES string of the molecule is CCOC(=O)c1ccc(S(=O)(=O)O)nc1Cl. The second-order valence-electron chi connectivity index (χ2n) is 2.68. The largest absolute Gasteiger partial charge is 0.462 e. The van der Waals surface area contributed by atoms with E-state index >= 15 is 0 Å². The summed E-state index contributed by atoms with van der Waals surface area (Å²) in [6.07, 6.45) is 0. The molecule has 0 aliphatic heterocycles. The number of halogens is 1. The monoisotopic (exact) mass is 265 g/mol. The van der Waals surface area contributed by atoms with E-state index in [-0.39, 0.29) is 17.3 Å². The van der Waals surface area contributed by atoms with Crippen LogP contribution in [0.3, 0.4) is 0 Å². The van der Waals surface area contributed by atoms with E-state index in [2.05, 4.69) is 9.72 Å². The van der Waals surface area contributed by atoms with Crippen LogP contribution in [-0.2, 0) is 14.9 Å². The van der Waals surface area contributed by atoms with E-state index < -0.39 is 21.1 Å². The van der Waals surface area contributed by atoms with E-state index in [1.54, 1.807) is 6.92 Å². The van der Waals surface area contributed by atoms with Crippen molar-refractivity contribution in [3.05, 3.63) is 22.8 Å². The predicted molar refractivity (Wildman–Crippen MR) is 55.0 cm³/mol. The third-order valence-electron chi connectivity index (χ3n) is 1.58. The Hall–Kier alpha value is -1.18. The lowest BCUT2D eigenvalue weighted by molar-refractivity contribution is 0.0526. The molecule has 0 aliphatic rings. The summed E-state index contributed by atoms with van der Waals surface area (Å²) < 4.78 is 34.8. The van der Waals surface area contributed by atoms with Crippen molar-refractivity contribution < 1.29 is 22.5 Å². The van der Waals surface area contributed by atoms with Crippen molar-refractivity contribution in [1.82, 2.24) is 4.98 Å². The van der Waals surface area contributed by atoms with Crippen molar-refractivity contribution in [3.63, 3.8) is 0 Å². The number of ether oxygens (including phenoxy) is 1. The summed E-state index contributed by atoms with van der Waals surface area (Å²) in [6, 6.07) is 2.09. The Kier molecular flexibility index (Phi) is 3.84. The lowest BCUT2D eigenvalue weighted by atomic mass is 10.3. The lowest BCUT2D eigenvalue weighted by Gasteiger charge is -2.04. The van der Waals surface area contributed by atoms with Gasteiger partial charge in [0.15, 0.2) is 5.03 Å². The van der Waals surface area contributed by atoms with Gasteiger partial charge in [-0.1, -0.05) is 11.6 Å². The number of hydrogen-bond acceptors (Lipinski definition) is 5. The van der Waals surface area contributed by atoms with E-state index in [4.69, 9.17) is 16.2 Å². The molecule has 0 atom stereocenters. The Morgan fingerprint density at radius 1 is 1.56 bits per heavy atom. The van der Waals surface area contributed by atoms with Gasteiger partial charge in [0.05, 0.1) is 12.2 Å². The molecule has 0 amide bonds. The van der Waals surface area contributed by atoms with Gasteiger partial charge >= 0.3 is 16.1 Å². The minimum atomic E-state index is -4.43. The molecule has 8 heteroatoms. The van der Waals surface area contributed by atoms with Crippen LogP contribution in [-0.4, -0.2) is 30.5 Å². The molecular formula is C8H8ClNO5S. The van der Waals surface area contributed by atoms with Crippen molar-refractivity contribution in [3.8, 4) is 0 Å². The van der Waals surface area contributed by atoms with E-state index in [1.807, 2.05) is 0 Å². The molecule has 0 unspecified atom stereocenters. The van der Waals surface area contributed by atoms with Crippen LogP contribution in [0.15, 0.2) is 17.2 Å². The van der Waals surface area contributed by atoms with Crippen LogP contribution in [0, 0.1) is 0 Å². The van der Waals surface area contributed by atoms with Gasteiger partial charge in [-0.3, -0.25) is 4.55 Å². The maximum absolute atomic E-state index is 11.3. The Bertz CT molecular complexity index is 513. The van der Waals surface area contributed by atoms with E-state index in [0.29, 0.717) is 0 Å². The highest BCUT2D eigenvalue weighted by Gasteiger charge is 2.17. The molecule has 1 aromatic rings. The van der Waals surface area contributed by atoms with Crippen molar-refractivity contribution in [1.29, 1.82) is 0 Å². The first kappa shape index (κ1) is 12.9. The molecule has 1 heterocycles. The van der Waals surface area contributed by atoms with Gasteiger partial charge < -0.3 is 4.74 Å². The molecule has 88 valence electrons. The smallest absolute Gasteiger partial charge is 0.341 e. The molecule has 0 bridgehead atoms.